The van der Waals surface area contributed by atoms with E-state index in [1.807, 2.05) is 12.1 Å². The Bertz CT molecular complexity index is 366. The Hall–Kier alpha value is 0.0800. The maximum atomic E-state index is 6.18. The zero-order chi connectivity index (χ0) is 12.3. The van der Waals surface area contributed by atoms with Crippen molar-refractivity contribution in [2.24, 2.45) is 5.92 Å². The predicted octanol–water partition coefficient (Wildman–Crippen LogP) is 5.75. The molecule has 17 heavy (non-hydrogen) atoms. The largest absolute Gasteiger partial charge is 0.382 e. The van der Waals surface area contributed by atoms with Crippen molar-refractivity contribution in [1.82, 2.24) is 0 Å². The van der Waals surface area contributed by atoms with Crippen LogP contribution in [0.3, 0.4) is 0 Å². The zero-order valence-electron chi connectivity index (χ0n) is 9.61. The second kappa shape index (κ2) is 6.31. The summed E-state index contributed by atoms with van der Waals surface area (Å²) in [5.41, 5.74) is 0.863. The van der Waals surface area contributed by atoms with Crippen LogP contribution in [0.4, 0.5) is 5.69 Å². The minimum absolute atomic E-state index is 0.681. The van der Waals surface area contributed by atoms with E-state index in [4.69, 9.17) is 23.2 Å². The predicted molar refractivity (Wildman–Crippen MR) is 79.2 cm³/mol. The minimum atomic E-state index is 0.681. The molecule has 1 fully saturated rings. The molecular formula is C13H16BrCl2N. The molecule has 1 saturated carbocycles. The fourth-order valence-corrected chi connectivity index (χ4v) is 3.69. The Morgan fingerprint density at radius 3 is 2.29 bits per heavy atom. The first-order valence-electron chi connectivity index (χ1n) is 6.05. The Morgan fingerprint density at radius 2 is 1.71 bits per heavy atom. The van der Waals surface area contributed by atoms with Gasteiger partial charge >= 0.3 is 0 Å². The standard InChI is InChI=1S/C13H16BrCl2N/c14-10-6-11(15)13(12(16)7-10)17-8-9-4-2-1-3-5-9/h6-7,9,17H,1-5,8H2. The third kappa shape index (κ3) is 3.77. The monoisotopic (exact) mass is 335 g/mol. The highest BCUT2D eigenvalue weighted by Crippen LogP contribution is 2.34. The van der Waals surface area contributed by atoms with Crippen LogP contribution < -0.4 is 5.32 Å². The number of benzene rings is 1. The average Bonchev–Trinajstić information content (AvgIpc) is 2.29. The fourth-order valence-electron chi connectivity index (χ4n) is 2.35. The van der Waals surface area contributed by atoms with Crippen molar-refractivity contribution < 1.29 is 0 Å². The average molecular weight is 337 g/mol. The molecule has 1 aliphatic carbocycles. The molecule has 4 heteroatoms. The van der Waals surface area contributed by atoms with Gasteiger partial charge in [0.1, 0.15) is 0 Å². The molecule has 94 valence electrons. The molecule has 0 heterocycles. The van der Waals surface area contributed by atoms with Crippen LogP contribution in [0.1, 0.15) is 32.1 Å². The second-order valence-corrected chi connectivity index (χ2v) is 6.36. The summed E-state index contributed by atoms with van der Waals surface area (Å²) in [7, 11) is 0. The molecule has 1 nitrogen and oxygen atoms in total. The molecule has 1 N–H and O–H groups in total. The van der Waals surface area contributed by atoms with Gasteiger partial charge in [0.25, 0.3) is 0 Å². The van der Waals surface area contributed by atoms with E-state index in [0.717, 1.165) is 22.6 Å². The summed E-state index contributed by atoms with van der Waals surface area (Å²) in [5, 5.41) is 4.75. The van der Waals surface area contributed by atoms with E-state index in [1.54, 1.807) is 0 Å². The summed E-state index contributed by atoms with van der Waals surface area (Å²) in [4.78, 5) is 0. The summed E-state index contributed by atoms with van der Waals surface area (Å²) in [6.45, 7) is 0.973. The van der Waals surface area contributed by atoms with Gasteiger partial charge in [-0.2, -0.15) is 0 Å². The lowest BCUT2D eigenvalue weighted by molar-refractivity contribution is 0.373. The summed E-state index contributed by atoms with van der Waals surface area (Å²) >= 11 is 15.7. The van der Waals surface area contributed by atoms with E-state index in [-0.39, 0.29) is 0 Å². The van der Waals surface area contributed by atoms with Crippen molar-refractivity contribution in [2.45, 2.75) is 32.1 Å². The Morgan fingerprint density at radius 1 is 1.12 bits per heavy atom. The van der Waals surface area contributed by atoms with Crippen LogP contribution >= 0.6 is 39.1 Å². The lowest BCUT2D eigenvalue weighted by Crippen LogP contribution is -2.17. The normalized spacial score (nSPS) is 17.1. The number of halogens is 3. The molecule has 0 amide bonds. The summed E-state index contributed by atoms with van der Waals surface area (Å²) < 4.78 is 0.913. The molecule has 0 aliphatic heterocycles. The highest BCUT2D eigenvalue weighted by molar-refractivity contribution is 9.10. The quantitative estimate of drug-likeness (QED) is 0.741. The molecule has 0 bridgehead atoms. The Labute approximate surface area is 121 Å². The summed E-state index contributed by atoms with van der Waals surface area (Å²) in [6.07, 6.45) is 6.73. The van der Waals surface area contributed by atoms with Gasteiger partial charge in [0, 0.05) is 11.0 Å². The van der Waals surface area contributed by atoms with Crippen molar-refractivity contribution >= 4 is 44.8 Å². The molecule has 0 spiro atoms. The maximum Gasteiger partial charge on any atom is 0.0719 e. The van der Waals surface area contributed by atoms with Crippen LogP contribution in [0.2, 0.25) is 10.0 Å². The van der Waals surface area contributed by atoms with Crippen molar-refractivity contribution in [3.63, 3.8) is 0 Å². The topological polar surface area (TPSA) is 12.0 Å². The Kier molecular flexibility index (Phi) is 5.01. The van der Waals surface area contributed by atoms with Gasteiger partial charge in [-0.05, 0) is 30.9 Å². The first-order chi connectivity index (χ1) is 8.16. The lowest BCUT2D eigenvalue weighted by atomic mass is 9.89. The fraction of sp³-hybridized carbons (Fsp3) is 0.538. The van der Waals surface area contributed by atoms with Crippen LogP contribution in [-0.2, 0) is 0 Å². The van der Waals surface area contributed by atoms with Crippen molar-refractivity contribution in [3.8, 4) is 0 Å². The van der Waals surface area contributed by atoms with Crippen molar-refractivity contribution in [2.75, 3.05) is 11.9 Å². The third-order valence-corrected chi connectivity index (χ3v) is 4.35. The van der Waals surface area contributed by atoms with Gasteiger partial charge < -0.3 is 5.32 Å². The van der Waals surface area contributed by atoms with E-state index in [9.17, 15) is 0 Å². The van der Waals surface area contributed by atoms with Crippen LogP contribution in [0.15, 0.2) is 16.6 Å². The van der Waals surface area contributed by atoms with Crippen LogP contribution in [0, 0.1) is 5.92 Å². The molecule has 1 aliphatic rings. The summed E-state index contributed by atoms with van der Waals surface area (Å²) in [5.74, 6) is 0.763. The van der Waals surface area contributed by atoms with Gasteiger partial charge in [-0.1, -0.05) is 58.4 Å². The van der Waals surface area contributed by atoms with E-state index in [2.05, 4.69) is 21.2 Å². The third-order valence-electron chi connectivity index (χ3n) is 3.30. The first-order valence-corrected chi connectivity index (χ1v) is 7.60. The van der Waals surface area contributed by atoms with E-state index in [0.29, 0.717) is 10.0 Å². The smallest absolute Gasteiger partial charge is 0.0719 e. The maximum absolute atomic E-state index is 6.18. The zero-order valence-corrected chi connectivity index (χ0v) is 12.7. The Balaban J connectivity index is 1.98. The lowest BCUT2D eigenvalue weighted by Gasteiger charge is -2.23. The van der Waals surface area contributed by atoms with Crippen LogP contribution in [0.5, 0.6) is 0 Å². The summed E-state index contributed by atoms with van der Waals surface area (Å²) in [6, 6.07) is 3.74. The highest BCUT2D eigenvalue weighted by Gasteiger charge is 2.14. The van der Waals surface area contributed by atoms with Gasteiger partial charge in [-0.15, -0.1) is 0 Å². The molecule has 1 aromatic carbocycles. The van der Waals surface area contributed by atoms with Crippen molar-refractivity contribution in [3.05, 3.63) is 26.7 Å². The van der Waals surface area contributed by atoms with Crippen molar-refractivity contribution in [1.29, 1.82) is 0 Å². The van der Waals surface area contributed by atoms with Gasteiger partial charge in [0.15, 0.2) is 0 Å². The minimum Gasteiger partial charge on any atom is -0.382 e. The molecule has 0 aromatic heterocycles. The van der Waals surface area contributed by atoms with Gasteiger partial charge in [0.2, 0.25) is 0 Å². The SMILES string of the molecule is Clc1cc(Br)cc(Cl)c1NCC1CCCCC1. The number of hydrogen-bond acceptors (Lipinski definition) is 1. The number of hydrogen-bond donors (Lipinski definition) is 1. The molecular weight excluding hydrogens is 321 g/mol. The van der Waals surface area contributed by atoms with E-state index in [1.165, 1.54) is 32.1 Å². The molecule has 0 radical (unpaired) electrons. The molecule has 0 saturated heterocycles. The second-order valence-electron chi connectivity index (χ2n) is 4.63. The number of rotatable bonds is 3. The molecule has 2 rings (SSSR count). The number of nitrogens with one attached hydrogen (secondary N) is 1. The molecule has 0 atom stereocenters. The van der Waals surface area contributed by atoms with E-state index >= 15 is 0 Å². The van der Waals surface area contributed by atoms with Crippen LogP contribution in [-0.4, -0.2) is 6.54 Å². The highest BCUT2D eigenvalue weighted by atomic mass is 79.9. The first kappa shape index (κ1) is 13.5. The van der Waals surface area contributed by atoms with Gasteiger partial charge in [0.05, 0.1) is 15.7 Å². The number of anilines is 1. The van der Waals surface area contributed by atoms with Gasteiger partial charge in [-0.25, -0.2) is 0 Å². The molecule has 0 unspecified atom stereocenters. The molecule has 1 aromatic rings. The van der Waals surface area contributed by atoms with Crippen LogP contribution in [0.25, 0.3) is 0 Å². The van der Waals surface area contributed by atoms with Gasteiger partial charge in [-0.3, -0.25) is 0 Å². The van der Waals surface area contributed by atoms with E-state index < -0.39 is 0 Å².